The molecule has 2 aromatic rings. The Balaban J connectivity index is 2.14. The molecule has 0 aromatic carbocycles. The molecule has 2 aromatic heterocycles. The lowest BCUT2D eigenvalue weighted by atomic mass is 10.1. The minimum absolute atomic E-state index is 0.218. The number of rotatable bonds is 5. The topological polar surface area (TPSA) is 88.0 Å². The average Bonchev–Trinajstić information content (AvgIpc) is 2.86. The number of aromatic nitrogens is 2. The molecule has 0 unspecified atom stereocenters. The highest BCUT2D eigenvalue weighted by atomic mass is 16.5. The maximum absolute atomic E-state index is 12.2. The summed E-state index contributed by atoms with van der Waals surface area (Å²) in [5.41, 5.74) is 2.60. The summed E-state index contributed by atoms with van der Waals surface area (Å²) in [4.78, 5) is 26.0. The summed E-state index contributed by atoms with van der Waals surface area (Å²) in [6.07, 6.45) is 1.49. The lowest BCUT2D eigenvalue weighted by molar-refractivity contribution is 0.0949. The second kappa shape index (κ2) is 6.39. The molecule has 2 heterocycles. The summed E-state index contributed by atoms with van der Waals surface area (Å²) in [5, 5.41) is 6.86. The van der Waals surface area contributed by atoms with E-state index in [1.807, 2.05) is 13.8 Å². The molecule has 1 amide bonds. The third-order valence-electron chi connectivity index (χ3n) is 3.39. The van der Waals surface area contributed by atoms with Crippen molar-refractivity contribution in [1.82, 2.24) is 15.5 Å². The molecule has 0 atom stereocenters. The number of hydrogen-bond donors (Lipinski definition) is 2. The Bertz CT molecular complexity index is 679. The maximum atomic E-state index is 12.2. The van der Waals surface area contributed by atoms with Crippen molar-refractivity contribution in [2.75, 3.05) is 0 Å². The van der Waals surface area contributed by atoms with Crippen LogP contribution in [0.15, 0.2) is 21.5 Å². The first-order valence-electron chi connectivity index (χ1n) is 7.01. The largest absolute Gasteiger partial charge is 0.361 e. The van der Waals surface area contributed by atoms with E-state index in [2.05, 4.69) is 15.5 Å². The highest BCUT2D eigenvalue weighted by Gasteiger charge is 2.15. The van der Waals surface area contributed by atoms with Crippen LogP contribution in [0, 0.1) is 6.92 Å². The summed E-state index contributed by atoms with van der Waals surface area (Å²) in [6, 6.07) is 2.87. The first-order valence-corrected chi connectivity index (χ1v) is 7.01. The number of carbonyl (C=O) groups excluding carboxylic acids is 1. The van der Waals surface area contributed by atoms with Crippen molar-refractivity contribution in [3.63, 3.8) is 0 Å². The molecule has 0 aliphatic rings. The predicted octanol–water partition coefficient (Wildman–Crippen LogP) is 1.73. The van der Waals surface area contributed by atoms with Crippen LogP contribution in [0.4, 0.5) is 0 Å². The van der Waals surface area contributed by atoms with Gasteiger partial charge < -0.3 is 14.8 Å². The highest BCUT2D eigenvalue weighted by molar-refractivity contribution is 5.95. The smallest absolute Gasteiger partial charge is 0.253 e. The van der Waals surface area contributed by atoms with Gasteiger partial charge in [-0.1, -0.05) is 19.0 Å². The van der Waals surface area contributed by atoms with Crippen molar-refractivity contribution < 1.29 is 9.32 Å². The highest BCUT2D eigenvalue weighted by Crippen LogP contribution is 2.15. The molecule has 0 bridgehead atoms. The van der Waals surface area contributed by atoms with E-state index in [1.54, 1.807) is 6.92 Å². The van der Waals surface area contributed by atoms with E-state index in [0.29, 0.717) is 17.8 Å². The second-order valence-corrected chi connectivity index (χ2v) is 4.78. The van der Waals surface area contributed by atoms with E-state index >= 15 is 0 Å². The van der Waals surface area contributed by atoms with E-state index in [0.717, 1.165) is 29.9 Å². The van der Waals surface area contributed by atoms with E-state index in [9.17, 15) is 9.59 Å². The van der Waals surface area contributed by atoms with Crippen LogP contribution in [0.25, 0.3) is 0 Å². The Morgan fingerprint density at radius 3 is 2.71 bits per heavy atom. The van der Waals surface area contributed by atoms with Gasteiger partial charge in [-0.25, -0.2) is 0 Å². The van der Waals surface area contributed by atoms with Gasteiger partial charge in [-0.15, -0.1) is 0 Å². The molecule has 2 rings (SSSR count). The Morgan fingerprint density at radius 1 is 1.33 bits per heavy atom. The molecule has 0 aliphatic carbocycles. The zero-order valence-corrected chi connectivity index (χ0v) is 12.4. The molecule has 0 fully saturated rings. The van der Waals surface area contributed by atoms with Crippen LogP contribution in [0.5, 0.6) is 0 Å². The molecule has 0 saturated heterocycles. The number of hydrogen-bond acceptors (Lipinski definition) is 4. The summed E-state index contributed by atoms with van der Waals surface area (Å²) in [5.74, 6) is 0.569. The fourth-order valence-electron chi connectivity index (χ4n) is 2.23. The molecule has 6 nitrogen and oxygen atoms in total. The van der Waals surface area contributed by atoms with Crippen molar-refractivity contribution in [2.24, 2.45) is 0 Å². The van der Waals surface area contributed by atoms with Gasteiger partial charge in [0.1, 0.15) is 5.76 Å². The zero-order chi connectivity index (χ0) is 15.4. The Hall–Kier alpha value is -2.37. The first-order chi connectivity index (χ1) is 10.1. The summed E-state index contributed by atoms with van der Waals surface area (Å²) >= 11 is 0. The third-order valence-corrected chi connectivity index (χ3v) is 3.39. The molecule has 2 N–H and O–H groups in total. The Morgan fingerprint density at radius 2 is 2.10 bits per heavy atom. The van der Waals surface area contributed by atoms with Crippen molar-refractivity contribution in [3.05, 3.63) is 50.8 Å². The number of nitrogens with zero attached hydrogens (tertiary/aromatic N) is 1. The van der Waals surface area contributed by atoms with Crippen molar-refractivity contribution in [2.45, 2.75) is 40.2 Å². The minimum Gasteiger partial charge on any atom is -0.361 e. The van der Waals surface area contributed by atoms with E-state index in [4.69, 9.17) is 4.52 Å². The molecule has 112 valence electrons. The number of carbonyl (C=O) groups is 1. The van der Waals surface area contributed by atoms with Crippen LogP contribution in [0.1, 0.15) is 46.9 Å². The van der Waals surface area contributed by atoms with Gasteiger partial charge in [-0.05, 0) is 19.4 Å². The molecule has 0 aliphatic heterocycles. The van der Waals surface area contributed by atoms with Crippen LogP contribution in [0.3, 0.4) is 0 Å². The lowest BCUT2D eigenvalue weighted by Crippen LogP contribution is -2.25. The van der Waals surface area contributed by atoms with Crippen molar-refractivity contribution >= 4 is 5.91 Å². The fraction of sp³-hybridized carbons (Fsp3) is 0.400. The van der Waals surface area contributed by atoms with Crippen LogP contribution in [0.2, 0.25) is 0 Å². The standard InChI is InChI=1S/C15H19N3O3/c1-4-12-11(13(5-2)21-18-12)8-16-15(20)10-6-7-14(19)17-9(10)3/h6-7H,4-5,8H2,1-3H3,(H,16,20)(H,17,19). The van der Waals surface area contributed by atoms with Crippen LogP contribution >= 0.6 is 0 Å². The number of H-pyrrole nitrogens is 1. The maximum Gasteiger partial charge on any atom is 0.253 e. The molecule has 0 radical (unpaired) electrons. The van der Waals surface area contributed by atoms with Gasteiger partial charge in [-0.3, -0.25) is 9.59 Å². The number of aromatic amines is 1. The Kier molecular flexibility index (Phi) is 4.57. The van der Waals surface area contributed by atoms with Gasteiger partial charge in [0, 0.05) is 30.3 Å². The molecular weight excluding hydrogens is 270 g/mol. The van der Waals surface area contributed by atoms with Crippen LogP contribution in [-0.2, 0) is 19.4 Å². The average molecular weight is 289 g/mol. The van der Waals surface area contributed by atoms with Crippen LogP contribution in [-0.4, -0.2) is 16.0 Å². The van der Waals surface area contributed by atoms with E-state index in [-0.39, 0.29) is 11.5 Å². The number of amides is 1. The SMILES string of the molecule is CCc1noc(CC)c1CNC(=O)c1ccc(=O)[nH]c1C. The summed E-state index contributed by atoms with van der Waals surface area (Å²) in [7, 11) is 0. The molecule has 0 saturated carbocycles. The number of nitrogens with one attached hydrogen (secondary N) is 2. The summed E-state index contributed by atoms with van der Waals surface area (Å²) in [6.45, 7) is 6.05. The molecule has 6 heteroatoms. The monoisotopic (exact) mass is 289 g/mol. The van der Waals surface area contributed by atoms with Gasteiger partial charge in [0.2, 0.25) is 5.56 Å². The van der Waals surface area contributed by atoms with Gasteiger partial charge in [0.25, 0.3) is 5.91 Å². The van der Waals surface area contributed by atoms with E-state index < -0.39 is 0 Å². The van der Waals surface area contributed by atoms with Crippen molar-refractivity contribution in [3.8, 4) is 0 Å². The number of aryl methyl sites for hydroxylation is 3. The normalized spacial score (nSPS) is 10.6. The first kappa shape index (κ1) is 15.0. The quantitative estimate of drug-likeness (QED) is 0.877. The van der Waals surface area contributed by atoms with Gasteiger partial charge in [-0.2, -0.15) is 0 Å². The van der Waals surface area contributed by atoms with Gasteiger partial charge in [0.15, 0.2) is 0 Å². The minimum atomic E-state index is -0.228. The fourth-order valence-corrected chi connectivity index (χ4v) is 2.23. The van der Waals surface area contributed by atoms with Crippen LogP contribution < -0.4 is 10.9 Å². The van der Waals surface area contributed by atoms with E-state index in [1.165, 1.54) is 12.1 Å². The third kappa shape index (κ3) is 3.21. The van der Waals surface area contributed by atoms with Crippen molar-refractivity contribution in [1.29, 1.82) is 0 Å². The van der Waals surface area contributed by atoms with Gasteiger partial charge in [0.05, 0.1) is 11.3 Å². The molecule has 0 spiro atoms. The predicted molar refractivity (Wildman–Crippen MR) is 78.2 cm³/mol. The lowest BCUT2D eigenvalue weighted by Gasteiger charge is -2.07. The van der Waals surface area contributed by atoms with Gasteiger partial charge >= 0.3 is 0 Å². The Labute approximate surface area is 122 Å². The zero-order valence-electron chi connectivity index (χ0n) is 12.4. The molecular formula is C15H19N3O3. The molecule has 21 heavy (non-hydrogen) atoms. The second-order valence-electron chi connectivity index (χ2n) is 4.78. The summed E-state index contributed by atoms with van der Waals surface area (Å²) < 4.78 is 5.26. The number of pyridine rings is 1.